The van der Waals surface area contributed by atoms with Gasteiger partial charge in [-0.1, -0.05) is 36.9 Å². The molecule has 3 aromatic rings. The summed E-state index contributed by atoms with van der Waals surface area (Å²) in [5, 5.41) is 10.1. The predicted molar refractivity (Wildman–Crippen MR) is 94.6 cm³/mol. The molecular formula is C20H23IN2O3. The zero-order valence-electron chi connectivity index (χ0n) is 14.5. The van der Waals surface area contributed by atoms with Crippen molar-refractivity contribution in [2.45, 2.75) is 25.8 Å². The van der Waals surface area contributed by atoms with Crippen LogP contribution in [0.25, 0.3) is 6.08 Å². The van der Waals surface area contributed by atoms with Crippen molar-refractivity contribution in [2.24, 2.45) is 0 Å². The van der Waals surface area contributed by atoms with Crippen molar-refractivity contribution >= 4 is 6.08 Å². The van der Waals surface area contributed by atoms with Crippen LogP contribution in [0, 0.1) is 0 Å². The highest BCUT2D eigenvalue weighted by Crippen LogP contribution is 2.05. The number of benzene rings is 1. The van der Waals surface area contributed by atoms with Gasteiger partial charge in [0, 0.05) is 0 Å². The number of hydrogen-bond acceptors (Lipinski definition) is 3. The summed E-state index contributed by atoms with van der Waals surface area (Å²) in [6.07, 6.45) is 8.81. The van der Waals surface area contributed by atoms with Crippen LogP contribution in [-0.2, 0) is 24.4 Å². The molecule has 1 aromatic carbocycles. The van der Waals surface area contributed by atoms with Gasteiger partial charge in [-0.25, -0.2) is 9.13 Å². The molecule has 2 aromatic heterocycles. The van der Waals surface area contributed by atoms with Crippen molar-refractivity contribution in [3.8, 4) is 0 Å². The summed E-state index contributed by atoms with van der Waals surface area (Å²) < 4.78 is 14.7. The lowest BCUT2D eigenvalue weighted by atomic mass is 10.1. The molecule has 0 aliphatic carbocycles. The molecule has 1 N–H and O–H groups in total. The van der Waals surface area contributed by atoms with Crippen molar-refractivity contribution in [3.63, 3.8) is 0 Å². The van der Waals surface area contributed by atoms with Crippen LogP contribution in [-0.4, -0.2) is 22.4 Å². The van der Waals surface area contributed by atoms with E-state index in [1.807, 2.05) is 41.5 Å². The lowest BCUT2D eigenvalue weighted by Gasteiger charge is -2.08. The molecule has 2 heterocycles. The fourth-order valence-corrected chi connectivity index (χ4v) is 2.60. The van der Waals surface area contributed by atoms with Gasteiger partial charge in [0.05, 0.1) is 12.9 Å². The molecular weight excluding hydrogens is 443 g/mol. The summed E-state index contributed by atoms with van der Waals surface area (Å²) in [6, 6.07) is 12.0. The molecule has 138 valence electrons. The van der Waals surface area contributed by atoms with Crippen LogP contribution >= 0.6 is 0 Å². The van der Waals surface area contributed by atoms with Gasteiger partial charge in [-0.2, -0.15) is 0 Å². The van der Waals surface area contributed by atoms with Crippen LogP contribution in [0.15, 0.2) is 72.4 Å². The van der Waals surface area contributed by atoms with Crippen LogP contribution in [0.3, 0.4) is 0 Å². The number of aliphatic hydroxyl groups excluding tert-OH is 1. The zero-order chi connectivity index (χ0) is 17.5. The Labute approximate surface area is 170 Å². The van der Waals surface area contributed by atoms with Crippen LogP contribution in [0.2, 0.25) is 0 Å². The van der Waals surface area contributed by atoms with Gasteiger partial charge in [0.1, 0.15) is 44.0 Å². The van der Waals surface area contributed by atoms with Crippen molar-refractivity contribution in [3.05, 3.63) is 84.8 Å². The number of halogens is 1. The van der Waals surface area contributed by atoms with Gasteiger partial charge in [-0.3, -0.25) is 0 Å². The molecule has 1 unspecified atom stereocenters. The predicted octanol–water partition coefficient (Wildman–Crippen LogP) is -0.358. The fraction of sp³-hybridized carbons (Fsp3) is 0.250. The van der Waals surface area contributed by atoms with Gasteiger partial charge in [0.25, 0.3) is 0 Å². The minimum atomic E-state index is -0.567. The number of ether oxygens (including phenoxy) is 1. The summed E-state index contributed by atoms with van der Waals surface area (Å²) in [7, 11) is 0. The van der Waals surface area contributed by atoms with E-state index in [1.54, 1.807) is 6.26 Å². The third-order valence-electron chi connectivity index (χ3n) is 3.88. The van der Waals surface area contributed by atoms with Crippen LogP contribution < -0.4 is 28.5 Å². The second-order valence-corrected chi connectivity index (χ2v) is 5.98. The molecule has 0 saturated carbocycles. The first-order valence-electron chi connectivity index (χ1n) is 8.27. The summed E-state index contributed by atoms with van der Waals surface area (Å²) >= 11 is 0. The number of furan rings is 1. The van der Waals surface area contributed by atoms with E-state index in [9.17, 15) is 5.11 Å². The first-order chi connectivity index (χ1) is 12.2. The second kappa shape index (κ2) is 10.3. The summed E-state index contributed by atoms with van der Waals surface area (Å²) in [5.41, 5.74) is 2.33. The van der Waals surface area contributed by atoms with E-state index < -0.39 is 6.10 Å². The minimum Gasteiger partial charge on any atom is -1.00 e. The number of aliphatic hydroxyl groups is 1. The Morgan fingerprint density at radius 2 is 2.08 bits per heavy atom. The molecule has 0 fully saturated rings. The van der Waals surface area contributed by atoms with E-state index in [0.29, 0.717) is 13.2 Å². The number of hydrogen-bond donors (Lipinski definition) is 1. The maximum atomic E-state index is 10.1. The Balaban J connectivity index is 0.00000243. The van der Waals surface area contributed by atoms with Crippen LogP contribution in [0.5, 0.6) is 0 Å². The molecule has 0 radical (unpaired) electrons. The minimum absolute atomic E-state index is 0. The normalized spacial score (nSPS) is 11.7. The van der Waals surface area contributed by atoms with Gasteiger partial charge >= 0.3 is 0 Å². The summed E-state index contributed by atoms with van der Waals surface area (Å²) in [5.74, 6) is 0.758. The average Bonchev–Trinajstić information content (AvgIpc) is 3.28. The Bertz CT molecular complexity index is 782. The van der Waals surface area contributed by atoms with Crippen molar-refractivity contribution < 1.29 is 42.8 Å². The monoisotopic (exact) mass is 466 g/mol. The molecule has 5 nitrogen and oxygen atoms in total. The second-order valence-electron chi connectivity index (χ2n) is 5.98. The van der Waals surface area contributed by atoms with Crippen molar-refractivity contribution in [2.75, 3.05) is 6.61 Å². The molecule has 0 aliphatic rings. The molecule has 6 heteroatoms. The van der Waals surface area contributed by atoms with Gasteiger partial charge in [-0.05, 0) is 23.3 Å². The van der Waals surface area contributed by atoms with Crippen molar-refractivity contribution in [1.82, 2.24) is 4.57 Å². The molecule has 3 rings (SSSR count). The highest BCUT2D eigenvalue weighted by molar-refractivity contribution is 5.47. The van der Waals surface area contributed by atoms with Gasteiger partial charge in [-0.15, -0.1) is 0 Å². The topological polar surface area (TPSA) is 51.4 Å². The summed E-state index contributed by atoms with van der Waals surface area (Å²) in [6.45, 7) is 5.67. The van der Waals surface area contributed by atoms with Crippen molar-refractivity contribution in [1.29, 1.82) is 0 Å². The Hall–Kier alpha value is -1.90. The number of imidazole rings is 1. The molecule has 0 amide bonds. The summed E-state index contributed by atoms with van der Waals surface area (Å²) in [4.78, 5) is 0. The van der Waals surface area contributed by atoms with E-state index in [0.717, 1.165) is 17.9 Å². The van der Waals surface area contributed by atoms with E-state index in [1.165, 1.54) is 5.56 Å². The lowest BCUT2D eigenvalue weighted by molar-refractivity contribution is -0.687. The van der Waals surface area contributed by atoms with E-state index in [-0.39, 0.29) is 30.6 Å². The Morgan fingerprint density at radius 3 is 2.77 bits per heavy atom. The third-order valence-corrected chi connectivity index (χ3v) is 3.88. The van der Waals surface area contributed by atoms with E-state index in [4.69, 9.17) is 9.15 Å². The Kier molecular flexibility index (Phi) is 8.08. The first kappa shape index (κ1) is 20.4. The first-order valence-corrected chi connectivity index (χ1v) is 8.27. The Morgan fingerprint density at radius 1 is 1.27 bits per heavy atom. The quantitative estimate of drug-likeness (QED) is 0.347. The molecule has 0 bridgehead atoms. The SMILES string of the molecule is C=Cc1ccc(C[n+]2ccn(CC(O)COCc3ccco3)c2)cc1.[I-]. The maximum absolute atomic E-state index is 10.1. The third kappa shape index (κ3) is 6.12. The number of nitrogens with zero attached hydrogens (tertiary/aromatic N) is 2. The van der Waals surface area contributed by atoms with Gasteiger partial charge < -0.3 is 38.2 Å². The van der Waals surface area contributed by atoms with E-state index in [2.05, 4.69) is 35.4 Å². The average molecular weight is 466 g/mol. The smallest absolute Gasteiger partial charge is 0.244 e. The number of aromatic nitrogens is 2. The fourth-order valence-electron chi connectivity index (χ4n) is 2.60. The van der Waals surface area contributed by atoms with Gasteiger partial charge in [0.15, 0.2) is 0 Å². The molecule has 26 heavy (non-hydrogen) atoms. The highest BCUT2D eigenvalue weighted by Gasteiger charge is 2.11. The molecule has 0 spiro atoms. The lowest BCUT2D eigenvalue weighted by Crippen LogP contribution is -3.00. The standard InChI is InChI=1S/C20H23N2O3.HI/c1-2-17-5-7-18(8-6-17)12-21-9-10-22(16-21)13-19(23)14-24-15-20-4-3-11-25-20;/h2-11,16,19,23H,1,12-15H2;1H/q+1;/p-1. The molecule has 1 atom stereocenters. The molecule has 0 saturated heterocycles. The van der Waals surface area contributed by atoms with E-state index >= 15 is 0 Å². The van der Waals surface area contributed by atoms with Crippen LogP contribution in [0.1, 0.15) is 16.9 Å². The van der Waals surface area contributed by atoms with Crippen LogP contribution in [0.4, 0.5) is 0 Å². The number of rotatable bonds is 9. The maximum Gasteiger partial charge on any atom is 0.244 e. The zero-order valence-corrected chi connectivity index (χ0v) is 16.7. The largest absolute Gasteiger partial charge is 1.00 e. The molecule has 0 aliphatic heterocycles. The highest BCUT2D eigenvalue weighted by atomic mass is 127. The van der Waals surface area contributed by atoms with Gasteiger partial charge in [0.2, 0.25) is 6.33 Å².